The van der Waals surface area contributed by atoms with Gasteiger partial charge in [-0.25, -0.2) is 17.8 Å². The number of carbonyl (C=O) groups is 2. The molecular formula is C19H19ClFN3O5S. The van der Waals surface area contributed by atoms with Crippen molar-refractivity contribution in [3.8, 4) is 0 Å². The molecule has 160 valence electrons. The molecule has 1 aromatic carbocycles. The van der Waals surface area contributed by atoms with Gasteiger partial charge >= 0.3 is 5.97 Å². The molecule has 0 radical (unpaired) electrons. The van der Waals surface area contributed by atoms with Crippen LogP contribution in [-0.2, 0) is 24.3 Å². The summed E-state index contributed by atoms with van der Waals surface area (Å²) in [5, 5.41) is 2.88. The van der Waals surface area contributed by atoms with Crippen molar-refractivity contribution in [2.45, 2.75) is 17.7 Å². The Morgan fingerprint density at radius 2 is 1.97 bits per heavy atom. The number of piperidine rings is 1. The van der Waals surface area contributed by atoms with Crippen molar-refractivity contribution >= 4 is 39.3 Å². The first-order valence-corrected chi connectivity index (χ1v) is 10.9. The number of ether oxygens (including phenoxy) is 1. The van der Waals surface area contributed by atoms with Crippen molar-refractivity contribution in [1.82, 2.24) is 9.29 Å². The van der Waals surface area contributed by atoms with E-state index in [1.165, 1.54) is 28.7 Å². The summed E-state index contributed by atoms with van der Waals surface area (Å²) in [5.74, 6) is -2.22. The second-order valence-electron chi connectivity index (χ2n) is 6.67. The number of hydrogen-bond donors (Lipinski definition) is 1. The smallest absolute Gasteiger partial charge is 0.310 e. The molecule has 1 N–H and O–H groups in total. The Morgan fingerprint density at radius 1 is 1.23 bits per heavy atom. The predicted molar refractivity (Wildman–Crippen MR) is 107 cm³/mol. The fraction of sp³-hybridized carbons (Fsp3) is 0.316. The number of carbonyl (C=O) groups excluding carboxylic acids is 2. The number of nitrogens with one attached hydrogen (secondary N) is 1. The van der Waals surface area contributed by atoms with E-state index in [0.29, 0.717) is 17.9 Å². The van der Waals surface area contributed by atoms with Gasteiger partial charge in [0.05, 0.1) is 15.8 Å². The zero-order valence-corrected chi connectivity index (χ0v) is 17.3. The summed E-state index contributed by atoms with van der Waals surface area (Å²) in [6.45, 7) is -0.352. The number of aromatic nitrogens is 1. The highest BCUT2D eigenvalue weighted by Crippen LogP contribution is 2.24. The third-order valence-electron chi connectivity index (χ3n) is 4.51. The molecule has 3 rings (SSSR count). The molecule has 1 aliphatic heterocycles. The summed E-state index contributed by atoms with van der Waals surface area (Å²) in [5.41, 5.74) is 0. The molecule has 1 atom stereocenters. The normalized spacial score (nSPS) is 17.3. The molecule has 1 aliphatic rings. The Morgan fingerprint density at radius 3 is 2.63 bits per heavy atom. The zero-order chi connectivity index (χ0) is 21.7. The van der Waals surface area contributed by atoms with Crippen molar-refractivity contribution in [2.24, 2.45) is 5.92 Å². The van der Waals surface area contributed by atoms with Crippen LogP contribution in [-0.4, -0.2) is 49.3 Å². The van der Waals surface area contributed by atoms with Crippen molar-refractivity contribution in [2.75, 3.05) is 25.0 Å². The topological polar surface area (TPSA) is 106 Å². The number of halogens is 2. The molecule has 1 fully saturated rings. The minimum absolute atomic E-state index is 0.0484. The Kier molecular flexibility index (Phi) is 7.01. The number of anilines is 1. The van der Waals surface area contributed by atoms with Crippen LogP contribution in [0.2, 0.25) is 5.02 Å². The average Bonchev–Trinajstić information content (AvgIpc) is 2.74. The molecule has 0 saturated carbocycles. The number of pyridine rings is 1. The van der Waals surface area contributed by atoms with E-state index >= 15 is 0 Å². The van der Waals surface area contributed by atoms with E-state index in [1.54, 1.807) is 6.07 Å². The molecule has 2 aromatic rings. The minimum atomic E-state index is -3.86. The highest BCUT2D eigenvalue weighted by molar-refractivity contribution is 7.89. The Balaban J connectivity index is 1.55. The summed E-state index contributed by atoms with van der Waals surface area (Å²) in [4.78, 5) is 28.1. The van der Waals surface area contributed by atoms with Crippen LogP contribution in [0.3, 0.4) is 0 Å². The van der Waals surface area contributed by atoms with E-state index in [9.17, 15) is 22.4 Å². The molecule has 2 heterocycles. The van der Waals surface area contributed by atoms with E-state index in [-0.39, 0.29) is 23.8 Å². The zero-order valence-electron chi connectivity index (χ0n) is 15.8. The summed E-state index contributed by atoms with van der Waals surface area (Å²) in [6, 6.07) is 7.55. The van der Waals surface area contributed by atoms with Gasteiger partial charge in [0, 0.05) is 19.3 Å². The van der Waals surface area contributed by atoms with Crippen LogP contribution < -0.4 is 5.32 Å². The molecule has 11 heteroatoms. The van der Waals surface area contributed by atoms with Gasteiger partial charge in [-0.1, -0.05) is 11.6 Å². The monoisotopic (exact) mass is 455 g/mol. The SMILES string of the molecule is O=C(COC(=O)C1CCCN(S(=O)(=O)c2ccc(F)cc2)C1)Nc1ccc(Cl)cn1. The van der Waals surface area contributed by atoms with Crippen LogP contribution in [0.15, 0.2) is 47.5 Å². The van der Waals surface area contributed by atoms with Gasteiger partial charge in [-0.05, 0) is 49.2 Å². The number of amides is 1. The van der Waals surface area contributed by atoms with Gasteiger partial charge in [-0.3, -0.25) is 9.59 Å². The van der Waals surface area contributed by atoms with E-state index in [2.05, 4.69) is 10.3 Å². The molecule has 1 saturated heterocycles. The number of rotatable bonds is 6. The maximum atomic E-state index is 13.1. The largest absolute Gasteiger partial charge is 0.455 e. The summed E-state index contributed by atoms with van der Waals surface area (Å²) >= 11 is 5.72. The molecule has 1 amide bonds. The second kappa shape index (κ2) is 9.50. The van der Waals surface area contributed by atoms with Gasteiger partial charge in [-0.2, -0.15) is 4.31 Å². The molecule has 8 nitrogen and oxygen atoms in total. The van der Waals surface area contributed by atoms with Crippen LogP contribution in [0.5, 0.6) is 0 Å². The standard InChI is InChI=1S/C19H19ClFN3O5S/c20-14-3-8-17(22-10-14)23-18(25)12-29-19(26)13-2-1-9-24(11-13)30(27,28)16-6-4-15(21)5-7-16/h3-8,10,13H,1-2,9,11-12H2,(H,22,23,25). The number of esters is 1. The van der Waals surface area contributed by atoms with E-state index in [0.717, 1.165) is 12.1 Å². The highest BCUT2D eigenvalue weighted by atomic mass is 35.5. The quantitative estimate of drug-likeness (QED) is 0.671. The van der Waals surface area contributed by atoms with Crippen LogP contribution in [0.4, 0.5) is 10.2 Å². The predicted octanol–water partition coefficient (Wildman–Crippen LogP) is 2.46. The first-order valence-electron chi connectivity index (χ1n) is 9.09. The number of sulfonamides is 1. The number of hydrogen-bond acceptors (Lipinski definition) is 6. The van der Waals surface area contributed by atoms with Crippen LogP contribution >= 0.6 is 11.6 Å². The van der Waals surface area contributed by atoms with Crippen LogP contribution in [0, 0.1) is 11.7 Å². The summed E-state index contributed by atoms with van der Waals surface area (Å²) in [6.07, 6.45) is 2.26. The third kappa shape index (κ3) is 5.53. The Hall–Kier alpha value is -2.56. The van der Waals surface area contributed by atoms with Gasteiger partial charge in [0.1, 0.15) is 11.6 Å². The lowest BCUT2D eigenvalue weighted by Gasteiger charge is -2.30. The van der Waals surface area contributed by atoms with Crippen molar-refractivity contribution in [1.29, 1.82) is 0 Å². The summed E-state index contributed by atoms with van der Waals surface area (Å²) < 4.78 is 44.8. The van der Waals surface area contributed by atoms with Crippen molar-refractivity contribution in [3.63, 3.8) is 0 Å². The first kappa shape index (κ1) is 22.1. The van der Waals surface area contributed by atoms with Crippen LogP contribution in [0.1, 0.15) is 12.8 Å². The molecule has 0 spiro atoms. The first-order chi connectivity index (χ1) is 14.3. The lowest BCUT2D eigenvalue weighted by atomic mass is 10.00. The molecule has 1 aromatic heterocycles. The van der Waals surface area contributed by atoms with Gasteiger partial charge in [0.15, 0.2) is 6.61 Å². The van der Waals surface area contributed by atoms with Gasteiger partial charge < -0.3 is 10.1 Å². The fourth-order valence-electron chi connectivity index (χ4n) is 2.99. The number of benzene rings is 1. The molecule has 1 unspecified atom stereocenters. The average molecular weight is 456 g/mol. The molecule has 0 bridgehead atoms. The van der Waals surface area contributed by atoms with Gasteiger partial charge in [-0.15, -0.1) is 0 Å². The highest BCUT2D eigenvalue weighted by Gasteiger charge is 2.34. The van der Waals surface area contributed by atoms with E-state index < -0.39 is 40.2 Å². The van der Waals surface area contributed by atoms with Crippen LogP contribution in [0.25, 0.3) is 0 Å². The van der Waals surface area contributed by atoms with E-state index in [4.69, 9.17) is 16.3 Å². The summed E-state index contributed by atoms with van der Waals surface area (Å²) in [7, 11) is -3.86. The number of nitrogens with zero attached hydrogens (tertiary/aromatic N) is 2. The molecule has 0 aliphatic carbocycles. The molecule has 30 heavy (non-hydrogen) atoms. The lowest BCUT2D eigenvalue weighted by molar-refractivity contribution is -0.152. The maximum absolute atomic E-state index is 13.1. The van der Waals surface area contributed by atoms with E-state index in [1.807, 2.05) is 0 Å². The maximum Gasteiger partial charge on any atom is 0.310 e. The van der Waals surface area contributed by atoms with Gasteiger partial charge in [0.25, 0.3) is 5.91 Å². The second-order valence-corrected chi connectivity index (χ2v) is 9.05. The Labute approximate surface area is 178 Å². The minimum Gasteiger partial charge on any atom is -0.455 e. The van der Waals surface area contributed by atoms with Crippen molar-refractivity contribution in [3.05, 3.63) is 53.4 Å². The molecular weight excluding hydrogens is 437 g/mol. The van der Waals surface area contributed by atoms with Crippen molar-refractivity contribution < 1.29 is 27.1 Å². The lowest BCUT2D eigenvalue weighted by Crippen LogP contribution is -2.43. The fourth-order valence-corrected chi connectivity index (χ4v) is 4.63. The van der Waals surface area contributed by atoms with Gasteiger partial charge in [0.2, 0.25) is 10.0 Å². The Bertz CT molecular complexity index is 1020. The third-order valence-corrected chi connectivity index (χ3v) is 6.61.